The van der Waals surface area contributed by atoms with Crippen molar-refractivity contribution in [2.75, 3.05) is 37.2 Å². The number of hydrogen-bond acceptors (Lipinski definition) is 8. The van der Waals surface area contributed by atoms with Crippen LogP contribution in [0.4, 0.5) is 10.8 Å². The Morgan fingerprint density at radius 3 is 2.53 bits per heavy atom. The van der Waals surface area contributed by atoms with Crippen molar-refractivity contribution in [1.82, 2.24) is 19.4 Å². The zero-order chi connectivity index (χ0) is 22.6. The van der Waals surface area contributed by atoms with Gasteiger partial charge in [0.1, 0.15) is 0 Å². The maximum atomic E-state index is 12.7. The summed E-state index contributed by atoms with van der Waals surface area (Å²) in [5.74, 6) is 0.208. The summed E-state index contributed by atoms with van der Waals surface area (Å²) in [6.45, 7) is 3.35. The highest BCUT2D eigenvalue weighted by Crippen LogP contribution is 2.28. The Morgan fingerprint density at radius 1 is 1.06 bits per heavy atom. The molecule has 1 aliphatic rings. The maximum absolute atomic E-state index is 12.7. The van der Waals surface area contributed by atoms with Crippen LogP contribution in [-0.2, 0) is 14.8 Å². The Kier molecular flexibility index (Phi) is 7.09. The Morgan fingerprint density at radius 2 is 1.81 bits per heavy atom. The Hall–Kier alpha value is -2.47. The molecular weight excluding hydrogens is 466 g/mol. The average Bonchev–Trinajstić information content (AvgIpc) is 3.25. The van der Waals surface area contributed by atoms with Gasteiger partial charge in [0, 0.05) is 31.9 Å². The molecule has 0 bridgehead atoms. The van der Waals surface area contributed by atoms with Gasteiger partial charge >= 0.3 is 0 Å². The molecule has 0 unspecified atom stereocenters. The van der Waals surface area contributed by atoms with Gasteiger partial charge in [0.25, 0.3) is 0 Å². The van der Waals surface area contributed by atoms with Crippen LogP contribution in [-0.4, -0.2) is 65.7 Å². The second-order valence-electron chi connectivity index (χ2n) is 7.25. The number of anilines is 2. The van der Waals surface area contributed by atoms with Crippen LogP contribution in [0.2, 0.25) is 0 Å². The lowest BCUT2D eigenvalue weighted by Gasteiger charge is -2.34. The lowest BCUT2D eigenvalue weighted by atomic mass is 10.2. The number of benzene rings is 2. The minimum absolute atomic E-state index is 0.0323. The highest BCUT2D eigenvalue weighted by atomic mass is 32.2. The number of hydrogen-bond donors (Lipinski definition) is 1. The second-order valence-corrected chi connectivity index (χ2v) is 11.4. The highest BCUT2D eigenvalue weighted by Gasteiger charge is 2.30. The van der Waals surface area contributed by atoms with Gasteiger partial charge in [0.15, 0.2) is 4.34 Å². The number of sulfonamides is 1. The standard InChI is InChI=1S/C21H23N5O3S3/c1-16-6-5-7-17(14-16)22-20-23-24-21(31-20)30-15-19(27)25-10-12-26(13-11-25)32(28,29)18-8-3-2-4-9-18/h2-9,14H,10-13,15H2,1H3,(H,22,23). The number of rotatable bonds is 7. The highest BCUT2D eigenvalue weighted by molar-refractivity contribution is 8.01. The molecule has 0 atom stereocenters. The molecule has 0 spiro atoms. The van der Waals surface area contributed by atoms with Crippen molar-refractivity contribution in [3.05, 3.63) is 60.2 Å². The van der Waals surface area contributed by atoms with E-state index in [0.717, 1.165) is 11.3 Å². The molecule has 2 heterocycles. The first-order chi connectivity index (χ1) is 15.4. The van der Waals surface area contributed by atoms with Crippen LogP contribution >= 0.6 is 23.1 Å². The van der Waals surface area contributed by atoms with Crippen LogP contribution in [0.5, 0.6) is 0 Å². The first kappa shape index (κ1) is 22.7. The van der Waals surface area contributed by atoms with Crippen molar-refractivity contribution in [2.24, 2.45) is 0 Å². The minimum Gasteiger partial charge on any atom is -0.339 e. The van der Waals surface area contributed by atoms with Gasteiger partial charge in [0.2, 0.25) is 21.1 Å². The van der Waals surface area contributed by atoms with Crippen LogP contribution in [0.15, 0.2) is 63.8 Å². The molecule has 1 saturated heterocycles. The van der Waals surface area contributed by atoms with Gasteiger partial charge in [-0.3, -0.25) is 4.79 Å². The molecule has 1 amide bonds. The van der Waals surface area contributed by atoms with Crippen molar-refractivity contribution in [3.63, 3.8) is 0 Å². The number of amides is 1. The third-order valence-corrected chi connectivity index (χ3v) is 8.84. The predicted octanol–water partition coefficient (Wildman–Crippen LogP) is 3.22. The third kappa shape index (κ3) is 5.47. The molecule has 1 N–H and O–H groups in total. The van der Waals surface area contributed by atoms with E-state index in [1.165, 1.54) is 27.4 Å². The fourth-order valence-electron chi connectivity index (χ4n) is 3.30. The zero-order valence-electron chi connectivity index (χ0n) is 17.5. The van der Waals surface area contributed by atoms with E-state index in [-0.39, 0.29) is 29.6 Å². The van der Waals surface area contributed by atoms with Crippen LogP contribution in [0.3, 0.4) is 0 Å². The van der Waals surface area contributed by atoms with Crippen LogP contribution in [0.25, 0.3) is 0 Å². The van der Waals surface area contributed by atoms with E-state index in [1.54, 1.807) is 35.2 Å². The molecule has 11 heteroatoms. The molecule has 0 aliphatic carbocycles. The van der Waals surface area contributed by atoms with E-state index in [9.17, 15) is 13.2 Å². The van der Waals surface area contributed by atoms with Crippen LogP contribution in [0.1, 0.15) is 5.56 Å². The Balaban J connectivity index is 1.26. The summed E-state index contributed by atoms with van der Waals surface area (Å²) in [7, 11) is -3.53. The molecular formula is C21H23N5O3S3. The zero-order valence-corrected chi connectivity index (χ0v) is 19.9. The van der Waals surface area contributed by atoms with Crippen molar-refractivity contribution in [1.29, 1.82) is 0 Å². The smallest absolute Gasteiger partial charge is 0.243 e. The van der Waals surface area contributed by atoms with E-state index < -0.39 is 10.0 Å². The molecule has 2 aromatic carbocycles. The third-order valence-electron chi connectivity index (χ3n) is 4.97. The molecule has 3 aromatic rings. The summed E-state index contributed by atoms with van der Waals surface area (Å²) in [6, 6.07) is 16.4. The van der Waals surface area contributed by atoms with Crippen LogP contribution < -0.4 is 5.32 Å². The lowest BCUT2D eigenvalue weighted by molar-refractivity contribution is -0.129. The van der Waals surface area contributed by atoms with Gasteiger partial charge in [-0.2, -0.15) is 4.31 Å². The van der Waals surface area contributed by atoms with Gasteiger partial charge in [-0.15, -0.1) is 10.2 Å². The van der Waals surface area contributed by atoms with Gasteiger partial charge in [-0.1, -0.05) is 53.4 Å². The number of nitrogens with one attached hydrogen (secondary N) is 1. The first-order valence-corrected chi connectivity index (χ1v) is 13.3. The molecule has 0 radical (unpaired) electrons. The summed E-state index contributed by atoms with van der Waals surface area (Å²) < 4.78 is 27.6. The number of carbonyl (C=O) groups is 1. The maximum Gasteiger partial charge on any atom is 0.243 e. The topological polar surface area (TPSA) is 95.5 Å². The summed E-state index contributed by atoms with van der Waals surface area (Å²) in [5.41, 5.74) is 2.09. The van der Waals surface area contributed by atoms with E-state index in [4.69, 9.17) is 0 Å². The van der Waals surface area contributed by atoms with Gasteiger partial charge in [-0.25, -0.2) is 8.42 Å². The Bertz CT molecular complexity index is 1180. The molecule has 4 rings (SSSR count). The second kappa shape index (κ2) is 9.99. The fourth-order valence-corrected chi connectivity index (χ4v) is 6.42. The van der Waals surface area contributed by atoms with Gasteiger partial charge in [-0.05, 0) is 36.8 Å². The number of thioether (sulfide) groups is 1. The quantitative estimate of drug-likeness (QED) is 0.509. The monoisotopic (exact) mass is 489 g/mol. The largest absolute Gasteiger partial charge is 0.339 e. The lowest BCUT2D eigenvalue weighted by Crippen LogP contribution is -2.50. The number of aromatic nitrogens is 2. The Labute approximate surface area is 195 Å². The number of carbonyl (C=O) groups excluding carboxylic acids is 1. The predicted molar refractivity (Wildman–Crippen MR) is 127 cm³/mol. The summed E-state index contributed by atoms with van der Waals surface area (Å²) in [4.78, 5) is 14.6. The number of piperazine rings is 1. The number of nitrogens with zero attached hydrogens (tertiary/aromatic N) is 4. The molecule has 168 valence electrons. The molecule has 8 nitrogen and oxygen atoms in total. The summed E-state index contributed by atoms with van der Waals surface area (Å²) in [5, 5.41) is 12.2. The normalized spacial score (nSPS) is 15.0. The summed E-state index contributed by atoms with van der Waals surface area (Å²) >= 11 is 2.74. The van der Waals surface area contributed by atoms with Crippen molar-refractivity contribution < 1.29 is 13.2 Å². The molecule has 1 aliphatic heterocycles. The van der Waals surface area contributed by atoms with E-state index in [1.807, 2.05) is 31.2 Å². The summed E-state index contributed by atoms with van der Waals surface area (Å²) in [6.07, 6.45) is 0. The average molecular weight is 490 g/mol. The molecule has 0 saturated carbocycles. The van der Waals surface area contributed by atoms with Crippen molar-refractivity contribution >= 4 is 49.8 Å². The minimum atomic E-state index is -3.53. The van der Waals surface area contributed by atoms with Gasteiger partial charge in [0.05, 0.1) is 10.6 Å². The van der Waals surface area contributed by atoms with Crippen molar-refractivity contribution in [2.45, 2.75) is 16.2 Å². The molecule has 32 heavy (non-hydrogen) atoms. The van der Waals surface area contributed by atoms with E-state index in [0.29, 0.717) is 22.6 Å². The molecule has 1 aromatic heterocycles. The fraction of sp³-hybridized carbons (Fsp3) is 0.286. The molecule has 1 fully saturated rings. The van der Waals surface area contributed by atoms with E-state index in [2.05, 4.69) is 15.5 Å². The SMILES string of the molecule is Cc1cccc(Nc2nnc(SCC(=O)N3CCN(S(=O)(=O)c4ccccc4)CC3)s2)c1. The van der Waals surface area contributed by atoms with Crippen LogP contribution in [0, 0.1) is 6.92 Å². The number of aryl methyl sites for hydroxylation is 1. The van der Waals surface area contributed by atoms with Crippen molar-refractivity contribution in [3.8, 4) is 0 Å². The first-order valence-electron chi connectivity index (χ1n) is 10.0. The van der Waals surface area contributed by atoms with E-state index >= 15 is 0 Å². The van der Waals surface area contributed by atoms with Gasteiger partial charge < -0.3 is 10.2 Å².